The van der Waals surface area contributed by atoms with Crippen molar-refractivity contribution in [1.82, 2.24) is 5.32 Å². The van der Waals surface area contributed by atoms with Crippen molar-refractivity contribution in [1.29, 1.82) is 0 Å². The van der Waals surface area contributed by atoms with Crippen LogP contribution >= 0.6 is 11.8 Å². The monoisotopic (exact) mass is 445 g/mol. The van der Waals surface area contributed by atoms with E-state index in [4.69, 9.17) is 0 Å². The molecule has 3 aromatic carbocycles. The minimum absolute atomic E-state index is 0.202. The zero-order valence-electron chi connectivity index (χ0n) is 17.8. The Labute approximate surface area is 193 Å². The molecule has 0 aliphatic carbocycles. The first-order valence-electron chi connectivity index (χ1n) is 10.5. The van der Waals surface area contributed by atoms with Gasteiger partial charge in [-0.3, -0.25) is 4.79 Å². The predicted molar refractivity (Wildman–Crippen MR) is 131 cm³/mol. The van der Waals surface area contributed by atoms with Crippen LogP contribution in [0.2, 0.25) is 0 Å². The summed E-state index contributed by atoms with van der Waals surface area (Å²) in [5.74, 6) is -1.14. The van der Waals surface area contributed by atoms with Gasteiger partial charge in [0.05, 0.1) is 4.75 Å². The lowest BCUT2D eigenvalue weighted by Gasteiger charge is -2.36. The number of aliphatic carboxylic acids is 1. The van der Waals surface area contributed by atoms with Gasteiger partial charge in [-0.05, 0) is 23.1 Å². The standard InChI is InChI=1S/C27H27NO3S/c1-2-3-19-25(29)28-24(26(30)31)20-32-27(21-13-7-4-8-14-21,22-15-9-5-10-16-22)23-17-11-6-12-18-23/h2,4-18,24H,1,3,19-20H2,(H,28,29)(H,30,31)/t24-/m0/s1. The van der Waals surface area contributed by atoms with Gasteiger partial charge in [-0.1, -0.05) is 97.1 Å². The largest absolute Gasteiger partial charge is 0.480 e. The predicted octanol–water partition coefficient (Wildman–Crippen LogP) is 5.25. The number of benzene rings is 3. The van der Waals surface area contributed by atoms with Crippen LogP contribution in [0.3, 0.4) is 0 Å². The van der Waals surface area contributed by atoms with Gasteiger partial charge in [0.25, 0.3) is 0 Å². The van der Waals surface area contributed by atoms with Crippen molar-refractivity contribution in [3.8, 4) is 0 Å². The molecule has 5 heteroatoms. The molecule has 0 aliphatic rings. The molecular weight excluding hydrogens is 418 g/mol. The molecule has 4 nitrogen and oxygen atoms in total. The van der Waals surface area contributed by atoms with E-state index in [1.807, 2.05) is 54.6 Å². The van der Waals surface area contributed by atoms with Crippen LogP contribution < -0.4 is 5.32 Å². The van der Waals surface area contributed by atoms with Gasteiger partial charge in [-0.15, -0.1) is 18.3 Å². The molecule has 0 radical (unpaired) electrons. The third-order valence-electron chi connectivity index (χ3n) is 5.22. The molecule has 32 heavy (non-hydrogen) atoms. The maximum Gasteiger partial charge on any atom is 0.327 e. The van der Waals surface area contributed by atoms with E-state index in [1.165, 1.54) is 11.8 Å². The summed E-state index contributed by atoms with van der Waals surface area (Å²) in [6.45, 7) is 3.62. The summed E-state index contributed by atoms with van der Waals surface area (Å²) < 4.78 is -0.636. The van der Waals surface area contributed by atoms with E-state index in [0.717, 1.165) is 16.7 Å². The molecule has 0 fully saturated rings. The topological polar surface area (TPSA) is 66.4 Å². The van der Waals surface area contributed by atoms with Gasteiger partial charge in [0.15, 0.2) is 0 Å². The Kier molecular flexibility index (Phi) is 8.28. The highest BCUT2D eigenvalue weighted by atomic mass is 32.2. The molecule has 2 N–H and O–H groups in total. The maximum absolute atomic E-state index is 12.2. The number of allylic oxidation sites excluding steroid dienone is 1. The lowest BCUT2D eigenvalue weighted by atomic mass is 9.84. The number of carboxylic acid groups (broad SMARTS) is 1. The van der Waals surface area contributed by atoms with Crippen molar-refractivity contribution in [3.05, 3.63) is 120 Å². The van der Waals surface area contributed by atoms with Gasteiger partial charge < -0.3 is 10.4 Å². The second kappa shape index (κ2) is 11.3. The SMILES string of the molecule is C=CCCC(=O)N[C@@H](CSC(c1ccccc1)(c1ccccc1)c1ccccc1)C(=O)O. The number of carboxylic acids is 1. The van der Waals surface area contributed by atoms with Gasteiger partial charge in [-0.25, -0.2) is 4.79 Å². The van der Waals surface area contributed by atoms with Crippen molar-refractivity contribution >= 4 is 23.6 Å². The zero-order chi connectivity index (χ0) is 22.8. The number of rotatable bonds is 11. The van der Waals surface area contributed by atoms with Crippen LogP contribution in [-0.2, 0) is 14.3 Å². The first kappa shape index (κ1) is 23.4. The number of hydrogen-bond donors (Lipinski definition) is 2. The summed E-state index contributed by atoms with van der Waals surface area (Å²) in [6.07, 6.45) is 2.38. The summed E-state index contributed by atoms with van der Waals surface area (Å²) in [5.41, 5.74) is 3.14. The van der Waals surface area contributed by atoms with E-state index in [9.17, 15) is 14.7 Å². The minimum Gasteiger partial charge on any atom is -0.480 e. The van der Waals surface area contributed by atoms with Crippen LogP contribution in [0.4, 0.5) is 0 Å². The first-order valence-corrected chi connectivity index (χ1v) is 11.5. The van der Waals surface area contributed by atoms with Crippen molar-refractivity contribution in [2.45, 2.75) is 23.6 Å². The summed E-state index contributed by atoms with van der Waals surface area (Å²) in [5, 5.41) is 12.5. The van der Waals surface area contributed by atoms with E-state index < -0.39 is 16.8 Å². The fourth-order valence-corrected chi connectivity index (χ4v) is 5.20. The third kappa shape index (κ3) is 5.48. The van der Waals surface area contributed by atoms with Crippen molar-refractivity contribution in [2.75, 3.05) is 5.75 Å². The lowest BCUT2D eigenvalue weighted by molar-refractivity contribution is -0.141. The molecular formula is C27H27NO3S. The number of carbonyl (C=O) groups is 2. The number of carbonyl (C=O) groups excluding carboxylic acids is 1. The second-order valence-electron chi connectivity index (χ2n) is 7.38. The second-order valence-corrected chi connectivity index (χ2v) is 8.61. The zero-order valence-corrected chi connectivity index (χ0v) is 18.6. The smallest absolute Gasteiger partial charge is 0.327 e. The van der Waals surface area contributed by atoms with Crippen LogP contribution in [0.15, 0.2) is 104 Å². The Morgan fingerprint density at radius 3 is 1.69 bits per heavy atom. The van der Waals surface area contributed by atoms with Gasteiger partial charge in [0, 0.05) is 12.2 Å². The molecule has 0 saturated heterocycles. The minimum atomic E-state index is -1.05. The number of nitrogens with one attached hydrogen (secondary N) is 1. The highest BCUT2D eigenvalue weighted by Gasteiger charge is 2.38. The average molecular weight is 446 g/mol. The Balaban J connectivity index is 2.03. The summed E-state index contributed by atoms with van der Waals surface area (Å²) in [7, 11) is 0. The first-order chi connectivity index (χ1) is 15.6. The molecule has 0 bridgehead atoms. The van der Waals surface area contributed by atoms with E-state index in [0.29, 0.717) is 6.42 Å². The Morgan fingerprint density at radius 2 is 1.31 bits per heavy atom. The van der Waals surface area contributed by atoms with Gasteiger partial charge in [0.1, 0.15) is 6.04 Å². The lowest BCUT2D eigenvalue weighted by Crippen LogP contribution is -2.43. The molecule has 0 saturated carbocycles. The quantitative estimate of drug-likeness (QED) is 0.313. The normalized spacial score (nSPS) is 12.0. The van der Waals surface area contributed by atoms with E-state index in [-0.39, 0.29) is 18.1 Å². The summed E-state index contributed by atoms with van der Waals surface area (Å²) in [4.78, 5) is 24.2. The molecule has 1 amide bonds. The van der Waals surface area contributed by atoms with Gasteiger partial charge in [0.2, 0.25) is 5.91 Å². The number of thioether (sulfide) groups is 1. The van der Waals surface area contributed by atoms with E-state index in [2.05, 4.69) is 48.3 Å². The Hall–Kier alpha value is -3.31. The molecule has 164 valence electrons. The molecule has 0 unspecified atom stereocenters. The molecule has 0 heterocycles. The fraction of sp³-hybridized carbons (Fsp3) is 0.185. The van der Waals surface area contributed by atoms with Crippen LogP contribution in [0, 0.1) is 0 Å². The number of amides is 1. The Morgan fingerprint density at radius 1 is 0.875 bits per heavy atom. The molecule has 0 spiro atoms. The van der Waals surface area contributed by atoms with Crippen molar-refractivity contribution in [3.63, 3.8) is 0 Å². The van der Waals surface area contributed by atoms with Gasteiger partial charge in [-0.2, -0.15) is 0 Å². The molecule has 1 atom stereocenters. The van der Waals surface area contributed by atoms with E-state index >= 15 is 0 Å². The molecule has 3 aromatic rings. The Bertz CT molecular complexity index is 926. The van der Waals surface area contributed by atoms with Crippen LogP contribution in [0.25, 0.3) is 0 Å². The van der Waals surface area contributed by atoms with Crippen molar-refractivity contribution < 1.29 is 14.7 Å². The molecule has 3 rings (SSSR count). The van der Waals surface area contributed by atoms with Crippen LogP contribution in [-0.4, -0.2) is 28.8 Å². The van der Waals surface area contributed by atoms with Gasteiger partial charge >= 0.3 is 5.97 Å². The summed E-state index contributed by atoms with van der Waals surface area (Å²) in [6, 6.07) is 29.2. The number of hydrogen-bond acceptors (Lipinski definition) is 3. The van der Waals surface area contributed by atoms with Crippen LogP contribution in [0.5, 0.6) is 0 Å². The van der Waals surface area contributed by atoms with Crippen molar-refractivity contribution in [2.24, 2.45) is 0 Å². The molecule has 0 aliphatic heterocycles. The molecule has 0 aromatic heterocycles. The van der Waals surface area contributed by atoms with E-state index in [1.54, 1.807) is 6.08 Å². The fourth-order valence-electron chi connectivity index (χ4n) is 3.65. The van der Waals surface area contributed by atoms with Crippen LogP contribution in [0.1, 0.15) is 29.5 Å². The highest BCUT2D eigenvalue weighted by Crippen LogP contribution is 2.48. The highest BCUT2D eigenvalue weighted by molar-refractivity contribution is 8.00. The third-order valence-corrected chi connectivity index (χ3v) is 6.86. The maximum atomic E-state index is 12.2. The average Bonchev–Trinajstić information content (AvgIpc) is 2.84. The summed E-state index contributed by atoms with van der Waals surface area (Å²) >= 11 is 1.51.